The monoisotopic (exact) mass is 228 g/mol. The second-order valence-electron chi connectivity index (χ2n) is 3.16. The first kappa shape index (κ1) is 12.1. The normalized spacial score (nSPS) is 10.2. The molecule has 0 aliphatic rings. The van der Waals surface area contributed by atoms with Gasteiger partial charge >= 0.3 is 5.69 Å². The van der Waals surface area contributed by atoms with Gasteiger partial charge in [0.2, 0.25) is 0 Å². The van der Waals surface area contributed by atoms with Crippen LogP contribution in [0, 0.1) is 24.0 Å². The Labute approximate surface area is 91.3 Å². The van der Waals surface area contributed by atoms with Gasteiger partial charge in [0.25, 0.3) is 5.91 Å². The summed E-state index contributed by atoms with van der Waals surface area (Å²) in [6, 6.07) is 0. The third-order valence-electron chi connectivity index (χ3n) is 2.04. The molecule has 0 aliphatic carbocycles. The minimum Gasteiger partial charge on any atom is -0.277 e. The molecule has 1 aromatic rings. The van der Waals surface area contributed by atoms with Crippen molar-refractivity contribution >= 4 is 11.6 Å². The summed E-state index contributed by atoms with van der Waals surface area (Å²) in [5.41, 5.74) is 2.67. The molecular weight excluding hydrogens is 216 g/mol. The van der Waals surface area contributed by atoms with Gasteiger partial charge in [0.1, 0.15) is 17.9 Å². The lowest BCUT2D eigenvalue weighted by atomic mass is 10.3. The van der Waals surface area contributed by atoms with Gasteiger partial charge in [0.15, 0.2) is 0 Å². The highest BCUT2D eigenvalue weighted by Crippen LogP contribution is 2.21. The first-order valence-electron chi connectivity index (χ1n) is 4.47. The molecule has 0 saturated carbocycles. The maximum atomic E-state index is 11.2. The zero-order valence-corrected chi connectivity index (χ0v) is 9.18. The van der Waals surface area contributed by atoms with Crippen LogP contribution in [0.3, 0.4) is 0 Å². The van der Waals surface area contributed by atoms with Crippen LogP contribution in [0.25, 0.3) is 0 Å². The number of hydrogen-bond donors (Lipinski definition) is 1. The molecule has 1 rings (SSSR count). The largest absolute Gasteiger partial charge is 0.312 e. The molecule has 0 radical (unpaired) electrons. The Hall–Kier alpha value is -1.96. The summed E-state index contributed by atoms with van der Waals surface area (Å²) in [7, 11) is 1.31. The van der Waals surface area contributed by atoms with Crippen LogP contribution in [0.15, 0.2) is 0 Å². The van der Waals surface area contributed by atoms with E-state index in [9.17, 15) is 14.9 Å². The molecule has 0 spiro atoms. The fraction of sp³-hybridized carbons (Fsp3) is 0.500. The number of amides is 1. The van der Waals surface area contributed by atoms with Crippen LogP contribution in [0.4, 0.5) is 5.69 Å². The maximum Gasteiger partial charge on any atom is 0.312 e. The SMILES string of the molecule is CONC(=O)Cn1nc(C)c([N+](=O)[O-])c1C. The number of hydroxylamine groups is 1. The van der Waals surface area contributed by atoms with Crippen molar-refractivity contribution in [1.29, 1.82) is 0 Å². The highest BCUT2D eigenvalue weighted by Gasteiger charge is 2.22. The van der Waals surface area contributed by atoms with Gasteiger partial charge in [-0.3, -0.25) is 24.4 Å². The zero-order chi connectivity index (χ0) is 12.3. The first-order chi connectivity index (χ1) is 7.47. The molecule has 1 N–H and O–H groups in total. The second kappa shape index (κ2) is 4.71. The summed E-state index contributed by atoms with van der Waals surface area (Å²) < 4.78 is 1.27. The predicted octanol–water partition coefficient (Wildman–Crippen LogP) is 0.0857. The van der Waals surface area contributed by atoms with Gasteiger partial charge in [0.05, 0.1) is 12.0 Å². The molecule has 0 saturated heterocycles. The number of carbonyl (C=O) groups is 1. The molecule has 0 aromatic carbocycles. The van der Waals surface area contributed by atoms with E-state index in [2.05, 4.69) is 15.4 Å². The van der Waals surface area contributed by atoms with Gasteiger partial charge < -0.3 is 0 Å². The smallest absolute Gasteiger partial charge is 0.277 e. The quantitative estimate of drug-likeness (QED) is 0.581. The number of rotatable bonds is 4. The van der Waals surface area contributed by atoms with Crippen LogP contribution >= 0.6 is 0 Å². The number of nitrogens with one attached hydrogen (secondary N) is 1. The molecule has 16 heavy (non-hydrogen) atoms. The molecule has 1 heterocycles. The average Bonchev–Trinajstić information content (AvgIpc) is 2.42. The summed E-state index contributed by atoms with van der Waals surface area (Å²) in [5, 5.41) is 14.6. The van der Waals surface area contributed by atoms with Crippen molar-refractivity contribution in [2.24, 2.45) is 0 Å². The molecule has 0 atom stereocenters. The van der Waals surface area contributed by atoms with Crippen molar-refractivity contribution in [2.75, 3.05) is 7.11 Å². The highest BCUT2D eigenvalue weighted by molar-refractivity contribution is 5.74. The van der Waals surface area contributed by atoms with Gasteiger partial charge in [-0.15, -0.1) is 0 Å². The van der Waals surface area contributed by atoms with Crippen molar-refractivity contribution in [3.63, 3.8) is 0 Å². The molecule has 0 aliphatic heterocycles. The minimum absolute atomic E-state index is 0.0646. The Balaban J connectivity index is 2.95. The lowest BCUT2D eigenvalue weighted by Crippen LogP contribution is -2.27. The number of hydrogen-bond acceptors (Lipinski definition) is 5. The fourth-order valence-corrected chi connectivity index (χ4v) is 1.39. The van der Waals surface area contributed by atoms with E-state index in [1.54, 1.807) is 0 Å². The topological polar surface area (TPSA) is 99.3 Å². The van der Waals surface area contributed by atoms with E-state index in [0.29, 0.717) is 5.69 Å². The minimum atomic E-state index is -0.512. The lowest BCUT2D eigenvalue weighted by Gasteiger charge is -2.03. The van der Waals surface area contributed by atoms with Crippen LogP contribution in [0.2, 0.25) is 0 Å². The van der Waals surface area contributed by atoms with Crippen LogP contribution in [-0.4, -0.2) is 27.7 Å². The fourth-order valence-electron chi connectivity index (χ4n) is 1.39. The van der Waals surface area contributed by atoms with Crippen LogP contribution in [0.5, 0.6) is 0 Å². The number of aryl methyl sites for hydroxylation is 1. The van der Waals surface area contributed by atoms with Crippen LogP contribution in [-0.2, 0) is 16.2 Å². The summed E-state index contributed by atoms with van der Waals surface area (Å²) in [4.78, 5) is 25.8. The van der Waals surface area contributed by atoms with Gasteiger partial charge in [-0.05, 0) is 13.8 Å². The number of aromatic nitrogens is 2. The van der Waals surface area contributed by atoms with Crippen LogP contribution < -0.4 is 5.48 Å². The average molecular weight is 228 g/mol. The van der Waals surface area contributed by atoms with Crippen LogP contribution in [0.1, 0.15) is 11.4 Å². The summed E-state index contributed by atoms with van der Waals surface area (Å²) in [6.07, 6.45) is 0. The molecule has 1 aromatic heterocycles. The van der Waals surface area contributed by atoms with Crippen molar-refractivity contribution in [3.8, 4) is 0 Å². The van der Waals surface area contributed by atoms with Gasteiger partial charge in [-0.25, -0.2) is 5.48 Å². The van der Waals surface area contributed by atoms with Crippen molar-refractivity contribution in [1.82, 2.24) is 15.3 Å². The Morgan fingerprint density at radius 2 is 2.25 bits per heavy atom. The summed E-state index contributed by atoms with van der Waals surface area (Å²) in [5.74, 6) is -0.428. The standard InChI is InChI=1S/C8H12N4O4/c1-5-8(12(14)15)6(2)11(9-5)4-7(13)10-16-3/h4H2,1-3H3,(H,10,13). The molecule has 8 nitrogen and oxygen atoms in total. The van der Waals surface area contributed by atoms with E-state index in [0.717, 1.165) is 0 Å². The number of nitrogens with zero attached hydrogens (tertiary/aromatic N) is 3. The molecule has 0 bridgehead atoms. The van der Waals surface area contributed by atoms with Gasteiger partial charge in [-0.1, -0.05) is 0 Å². The highest BCUT2D eigenvalue weighted by atomic mass is 16.6. The Bertz CT molecular complexity index is 426. The predicted molar refractivity (Wildman–Crippen MR) is 53.5 cm³/mol. The summed E-state index contributed by atoms with van der Waals surface area (Å²) in [6.45, 7) is 2.95. The Kier molecular flexibility index (Phi) is 3.56. The Morgan fingerprint density at radius 3 is 2.69 bits per heavy atom. The lowest BCUT2D eigenvalue weighted by molar-refractivity contribution is -0.386. The van der Waals surface area contributed by atoms with E-state index < -0.39 is 10.8 Å². The zero-order valence-electron chi connectivity index (χ0n) is 9.18. The third kappa shape index (κ3) is 2.34. The van der Waals surface area contributed by atoms with Crippen molar-refractivity contribution in [3.05, 3.63) is 21.5 Å². The van der Waals surface area contributed by atoms with E-state index in [4.69, 9.17) is 0 Å². The van der Waals surface area contributed by atoms with E-state index in [-0.39, 0.29) is 17.9 Å². The molecular formula is C8H12N4O4. The van der Waals surface area contributed by atoms with E-state index in [1.165, 1.54) is 25.6 Å². The molecule has 0 fully saturated rings. The van der Waals surface area contributed by atoms with Crippen molar-refractivity contribution in [2.45, 2.75) is 20.4 Å². The third-order valence-corrected chi connectivity index (χ3v) is 2.04. The maximum absolute atomic E-state index is 11.2. The van der Waals surface area contributed by atoms with Gasteiger partial charge in [0, 0.05) is 0 Å². The summed E-state index contributed by atoms with van der Waals surface area (Å²) >= 11 is 0. The van der Waals surface area contributed by atoms with E-state index >= 15 is 0 Å². The first-order valence-corrected chi connectivity index (χ1v) is 4.47. The number of carbonyl (C=O) groups excluding carboxylic acids is 1. The Morgan fingerprint density at radius 1 is 1.62 bits per heavy atom. The van der Waals surface area contributed by atoms with Crippen molar-refractivity contribution < 1.29 is 14.6 Å². The number of nitro groups is 1. The second-order valence-corrected chi connectivity index (χ2v) is 3.16. The molecule has 88 valence electrons. The van der Waals surface area contributed by atoms with E-state index in [1.807, 2.05) is 0 Å². The van der Waals surface area contributed by atoms with Gasteiger partial charge in [-0.2, -0.15) is 5.10 Å². The molecule has 8 heteroatoms. The molecule has 1 amide bonds. The molecule has 0 unspecified atom stereocenters.